The molecule has 9 heteroatoms. The van der Waals surface area contributed by atoms with Crippen LogP contribution in [0, 0.1) is 5.92 Å². The van der Waals surface area contributed by atoms with E-state index in [1.165, 1.54) is 12.3 Å². The Kier molecular flexibility index (Phi) is 4.21. The van der Waals surface area contributed by atoms with Crippen molar-refractivity contribution in [2.24, 2.45) is 5.92 Å². The van der Waals surface area contributed by atoms with Crippen LogP contribution in [-0.4, -0.2) is 19.3 Å². The highest BCUT2D eigenvalue weighted by Gasteiger charge is 2.29. The summed E-state index contributed by atoms with van der Waals surface area (Å²) in [6, 6.07) is 4.71. The van der Waals surface area contributed by atoms with Gasteiger partial charge < -0.3 is 24.5 Å². The van der Waals surface area contributed by atoms with Gasteiger partial charge in [0, 0.05) is 6.54 Å². The minimum Gasteiger partial charge on any atom is -0.460 e. The van der Waals surface area contributed by atoms with Gasteiger partial charge in [-0.15, -0.1) is 0 Å². The molecular formula is C15H17ClN3O4P. The van der Waals surface area contributed by atoms with Gasteiger partial charge in [-0.1, -0.05) is 25.4 Å². The van der Waals surface area contributed by atoms with E-state index in [0.29, 0.717) is 28.6 Å². The molecule has 0 aliphatic carbocycles. The molecule has 3 rings (SSSR count). The first-order chi connectivity index (χ1) is 11.2. The highest BCUT2D eigenvalue weighted by Crippen LogP contribution is 2.40. The van der Waals surface area contributed by atoms with Crippen LogP contribution in [0.1, 0.15) is 13.8 Å². The van der Waals surface area contributed by atoms with Gasteiger partial charge in [-0.3, -0.25) is 4.57 Å². The second-order valence-corrected chi connectivity index (χ2v) is 7.92. The number of hydrogen-bond acceptors (Lipinski definition) is 4. The van der Waals surface area contributed by atoms with Crippen LogP contribution in [0.25, 0.3) is 22.6 Å². The number of nitrogen functional groups attached to an aromatic ring is 1. The van der Waals surface area contributed by atoms with Crippen molar-refractivity contribution in [2.45, 2.75) is 20.4 Å². The number of rotatable bonds is 4. The second-order valence-electron chi connectivity index (χ2n) is 5.95. The molecule has 0 unspecified atom stereocenters. The lowest BCUT2D eigenvalue weighted by Gasteiger charge is -2.12. The van der Waals surface area contributed by atoms with Crippen LogP contribution >= 0.6 is 19.2 Å². The van der Waals surface area contributed by atoms with Crippen molar-refractivity contribution in [3.05, 3.63) is 29.5 Å². The molecule has 0 aliphatic rings. The molecule has 128 valence electrons. The van der Waals surface area contributed by atoms with Gasteiger partial charge in [0.25, 0.3) is 0 Å². The molecule has 24 heavy (non-hydrogen) atoms. The predicted molar refractivity (Wildman–Crippen MR) is 93.4 cm³/mol. The number of hydrogen-bond donors (Lipinski definition) is 3. The molecule has 0 atom stereocenters. The molecule has 1 aromatic carbocycles. The van der Waals surface area contributed by atoms with E-state index < -0.39 is 7.60 Å². The first kappa shape index (κ1) is 17.0. The minimum absolute atomic E-state index is 0.0377. The molecule has 0 radical (unpaired) electrons. The summed E-state index contributed by atoms with van der Waals surface area (Å²) in [7, 11) is -4.50. The quantitative estimate of drug-likeness (QED) is 0.481. The van der Waals surface area contributed by atoms with Gasteiger partial charge in [0.15, 0.2) is 11.6 Å². The number of benzene rings is 1. The zero-order valence-electron chi connectivity index (χ0n) is 13.1. The second kappa shape index (κ2) is 5.93. The molecule has 2 heterocycles. The van der Waals surface area contributed by atoms with Crippen LogP contribution in [0.4, 0.5) is 5.69 Å². The van der Waals surface area contributed by atoms with Gasteiger partial charge >= 0.3 is 7.60 Å². The summed E-state index contributed by atoms with van der Waals surface area (Å²) >= 11 is 6.06. The van der Waals surface area contributed by atoms with Crippen molar-refractivity contribution in [1.82, 2.24) is 9.55 Å². The molecule has 2 aromatic heterocycles. The normalized spacial score (nSPS) is 12.4. The Bertz CT molecular complexity index is 957. The molecule has 3 aromatic rings. The first-order valence-electron chi connectivity index (χ1n) is 7.28. The van der Waals surface area contributed by atoms with Crippen LogP contribution in [-0.2, 0) is 11.1 Å². The number of imidazole rings is 1. The number of furan rings is 1. The van der Waals surface area contributed by atoms with Crippen molar-refractivity contribution >= 4 is 41.2 Å². The third-order valence-electron chi connectivity index (χ3n) is 3.62. The number of nitrogens with two attached hydrogens (primary N) is 1. The third-order valence-corrected chi connectivity index (χ3v) is 4.93. The highest BCUT2D eigenvalue weighted by molar-refractivity contribution is 7.60. The summed E-state index contributed by atoms with van der Waals surface area (Å²) in [4.78, 5) is 23.5. The number of fused-ring (bicyclic) bond motifs is 1. The van der Waals surface area contributed by atoms with Crippen LogP contribution < -0.4 is 11.0 Å². The predicted octanol–water partition coefficient (Wildman–Crippen LogP) is 2.99. The molecule has 4 N–H and O–H groups in total. The molecule has 7 nitrogen and oxygen atoms in total. The van der Waals surface area contributed by atoms with E-state index in [0.717, 1.165) is 5.52 Å². The zero-order valence-corrected chi connectivity index (χ0v) is 14.8. The average molecular weight is 370 g/mol. The van der Waals surface area contributed by atoms with Gasteiger partial charge in [-0.25, -0.2) is 4.98 Å². The third kappa shape index (κ3) is 2.84. The summed E-state index contributed by atoms with van der Waals surface area (Å²) in [6.07, 6.45) is 1.24. The van der Waals surface area contributed by atoms with Crippen LogP contribution in [0.2, 0.25) is 5.02 Å². The molecule has 0 bridgehead atoms. The minimum atomic E-state index is -4.50. The van der Waals surface area contributed by atoms with Gasteiger partial charge in [0.1, 0.15) is 10.8 Å². The molecule has 0 amide bonds. The van der Waals surface area contributed by atoms with E-state index in [9.17, 15) is 14.4 Å². The summed E-state index contributed by atoms with van der Waals surface area (Å²) in [5.41, 5.74) is 7.55. The monoisotopic (exact) mass is 369 g/mol. The van der Waals surface area contributed by atoms with E-state index in [-0.39, 0.29) is 17.0 Å². The fraction of sp³-hybridized carbons (Fsp3) is 0.267. The highest BCUT2D eigenvalue weighted by atomic mass is 35.5. The Labute approximate surface area is 143 Å². The Morgan fingerprint density at radius 1 is 1.38 bits per heavy atom. The fourth-order valence-corrected chi connectivity index (χ4v) is 3.43. The summed E-state index contributed by atoms with van der Waals surface area (Å²) in [6.45, 7) is 4.63. The number of halogens is 1. The van der Waals surface area contributed by atoms with Gasteiger partial charge in [-0.05, 0) is 24.1 Å². The number of anilines is 1. The smallest absolute Gasteiger partial charge is 0.360 e. The molecule has 0 saturated heterocycles. The molecular weight excluding hydrogens is 353 g/mol. The molecule has 0 fully saturated rings. The Balaban J connectivity index is 2.34. The van der Waals surface area contributed by atoms with E-state index in [2.05, 4.69) is 4.98 Å². The van der Waals surface area contributed by atoms with E-state index in [4.69, 9.17) is 21.8 Å². The van der Waals surface area contributed by atoms with Crippen molar-refractivity contribution in [2.75, 3.05) is 5.73 Å². The lowest BCUT2D eigenvalue weighted by Crippen LogP contribution is -2.10. The van der Waals surface area contributed by atoms with Crippen molar-refractivity contribution in [3.8, 4) is 11.6 Å². The van der Waals surface area contributed by atoms with Crippen LogP contribution in [0.3, 0.4) is 0 Å². The summed E-state index contributed by atoms with van der Waals surface area (Å²) < 4.78 is 18.9. The number of aromatic nitrogens is 2. The molecule has 0 saturated carbocycles. The van der Waals surface area contributed by atoms with E-state index >= 15 is 0 Å². The summed E-state index contributed by atoms with van der Waals surface area (Å²) in [5.74, 6) is 0.623. The van der Waals surface area contributed by atoms with Crippen molar-refractivity contribution < 1.29 is 18.8 Å². The molecule has 0 spiro atoms. The summed E-state index contributed by atoms with van der Waals surface area (Å²) in [5, 5.41) is 0.172. The molecule has 0 aliphatic heterocycles. The zero-order chi connectivity index (χ0) is 17.6. The van der Waals surface area contributed by atoms with Gasteiger partial charge in [0.05, 0.1) is 22.5 Å². The average Bonchev–Trinajstić information content (AvgIpc) is 3.07. The standard InChI is InChI=1S/C15H17ClN3O4P/c1-8(2)7-19-10-4-3-9(16)12(17)13(10)18-15(19)14-11(5-6-23-14)24(20,21)22/h3-6,8H,7,17H2,1-2H3,(H2,20,21,22). The lowest BCUT2D eigenvalue weighted by atomic mass is 10.2. The Morgan fingerprint density at radius 3 is 2.71 bits per heavy atom. The van der Waals surface area contributed by atoms with Crippen LogP contribution in [0.5, 0.6) is 0 Å². The Morgan fingerprint density at radius 2 is 2.08 bits per heavy atom. The first-order valence-corrected chi connectivity index (χ1v) is 9.27. The topological polar surface area (TPSA) is 115 Å². The lowest BCUT2D eigenvalue weighted by molar-refractivity contribution is 0.387. The number of nitrogens with zero attached hydrogens (tertiary/aromatic N) is 2. The van der Waals surface area contributed by atoms with Crippen molar-refractivity contribution in [1.29, 1.82) is 0 Å². The van der Waals surface area contributed by atoms with E-state index in [1.807, 2.05) is 18.4 Å². The maximum Gasteiger partial charge on any atom is 0.360 e. The largest absolute Gasteiger partial charge is 0.460 e. The van der Waals surface area contributed by atoms with Crippen molar-refractivity contribution in [3.63, 3.8) is 0 Å². The maximum absolute atomic E-state index is 11.7. The maximum atomic E-state index is 11.7. The Hall–Kier alpha value is -1.79. The SMILES string of the molecule is CC(C)Cn1c(-c2occc2P(=O)(O)O)nc2c(N)c(Cl)ccc21. The fourth-order valence-electron chi connectivity index (χ4n) is 2.61. The van der Waals surface area contributed by atoms with Crippen LogP contribution in [0.15, 0.2) is 28.9 Å². The van der Waals surface area contributed by atoms with Gasteiger partial charge in [0.2, 0.25) is 0 Å². The van der Waals surface area contributed by atoms with E-state index in [1.54, 1.807) is 12.1 Å². The van der Waals surface area contributed by atoms with Gasteiger partial charge in [-0.2, -0.15) is 0 Å².